The average Bonchev–Trinajstić information content (AvgIpc) is 2.51. The third-order valence-corrected chi connectivity index (χ3v) is 1.64. The molecule has 0 aromatic carbocycles. The summed E-state index contributed by atoms with van der Waals surface area (Å²) in [5, 5.41) is 40.6. The van der Waals surface area contributed by atoms with Gasteiger partial charge in [-0.1, -0.05) is 0 Å². The van der Waals surface area contributed by atoms with Gasteiger partial charge < -0.3 is 0 Å². The van der Waals surface area contributed by atoms with Crippen molar-refractivity contribution < 1.29 is 14.8 Å². The van der Waals surface area contributed by atoms with E-state index >= 15 is 0 Å². The van der Waals surface area contributed by atoms with E-state index in [9.17, 15) is 30.3 Å². The highest BCUT2D eigenvalue weighted by molar-refractivity contribution is 4.75. The standard InChI is InChI=1S/C3H3N7O6/c1-2-4-5-6-7(2)3(8(11)12,9(13)14)10(15)16/h1H3. The zero-order chi connectivity index (χ0) is 12.5. The summed E-state index contributed by atoms with van der Waals surface area (Å²) < 4.78 is -0.0764. The Labute approximate surface area is 85.1 Å². The van der Waals surface area contributed by atoms with Crippen LogP contribution in [0, 0.1) is 37.3 Å². The van der Waals surface area contributed by atoms with Gasteiger partial charge in [0.1, 0.15) is 0 Å². The van der Waals surface area contributed by atoms with Crippen molar-refractivity contribution in [3.8, 4) is 0 Å². The van der Waals surface area contributed by atoms with Gasteiger partial charge >= 0.3 is 5.91 Å². The molecule has 1 heterocycles. The Morgan fingerprint density at radius 2 is 1.56 bits per heavy atom. The number of aromatic nitrogens is 4. The van der Waals surface area contributed by atoms with Crippen molar-refractivity contribution in [3.05, 3.63) is 36.2 Å². The zero-order valence-electron chi connectivity index (χ0n) is 7.58. The molecular weight excluding hydrogens is 230 g/mol. The lowest BCUT2D eigenvalue weighted by atomic mass is 10.6. The van der Waals surface area contributed by atoms with Gasteiger partial charge in [-0.2, -0.15) is 0 Å². The second-order valence-electron chi connectivity index (χ2n) is 2.51. The van der Waals surface area contributed by atoms with E-state index in [-0.39, 0.29) is 4.68 Å². The minimum Gasteiger partial charge on any atom is -0.251 e. The van der Waals surface area contributed by atoms with Crippen LogP contribution in [0.5, 0.6) is 0 Å². The van der Waals surface area contributed by atoms with Gasteiger partial charge in [-0.15, -0.1) is 5.10 Å². The minimum atomic E-state index is -3.84. The third kappa shape index (κ3) is 1.22. The monoisotopic (exact) mass is 233 g/mol. The molecule has 0 aliphatic heterocycles. The lowest BCUT2D eigenvalue weighted by Crippen LogP contribution is -2.56. The van der Waals surface area contributed by atoms with Crippen LogP contribution < -0.4 is 0 Å². The SMILES string of the molecule is Cc1nnnn1C([N+](=O)[O-])([N+](=O)[O-])[N+](=O)[O-]. The van der Waals surface area contributed by atoms with E-state index in [1.807, 2.05) is 0 Å². The smallest absolute Gasteiger partial charge is 0.251 e. The van der Waals surface area contributed by atoms with Gasteiger partial charge in [0, 0.05) is 0 Å². The number of aryl methyl sites for hydroxylation is 1. The summed E-state index contributed by atoms with van der Waals surface area (Å²) in [4.78, 5) is 26.6. The Morgan fingerprint density at radius 3 is 1.81 bits per heavy atom. The Bertz CT molecular complexity index is 428. The van der Waals surface area contributed by atoms with Gasteiger partial charge in [-0.25, -0.2) is 0 Å². The molecule has 1 rings (SSSR count). The summed E-state index contributed by atoms with van der Waals surface area (Å²) >= 11 is 0. The van der Waals surface area contributed by atoms with E-state index in [2.05, 4.69) is 15.5 Å². The van der Waals surface area contributed by atoms with Crippen molar-refractivity contribution in [2.45, 2.75) is 12.8 Å². The first-order valence-electron chi connectivity index (χ1n) is 3.54. The van der Waals surface area contributed by atoms with Gasteiger partial charge in [0.25, 0.3) is 0 Å². The summed E-state index contributed by atoms with van der Waals surface area (Å²) in [6, 6.07) is 0. The first kappa shape index (κ1) is 11.3. The molecule has 0 bridgehead atoms. The van der Waals surface area contributed by atoms with Crippen molar-refractivity contribution >= 4 is 0 Å². The van der Waals surface area contributed by atoms with Crippen molar-refractivity contribution in [1.29, 1.82) is 0 Å². The second kappa shape index (κ2) is 3.44. The van der Waals surface area contributed by atoms with Gasteiger partial charge in [-0.05, 0) is 22.0 Å². The number of nitrogens with zero attached hydrogens (tertiary/aromatic N) is 7. The Hall–Kier alpha value is -2.73. The molecule has 0 aliphatic rings. The highest BCUT2D eigenvalue weighted by atomic mass is 16.7. The molecule has 16 heavy (non-hydrogen) atoms. The molecule has 0 saturated carbocycles. The number of hydrogen-bond donors (Lipinski definition) is 0. The molecule has 13 heteroatoms. The molecule has 0 amide bonds. The predicted molar refractivity (Wildman–Crippen MR) is 41.5 cm³/mol. The largest absolute Gasteiger partial charge is 0.823 e. The first-order valence-corrected chi connectivity index (χ1v) is 3.54. The van der Waals surface area contributed by atoms with Crippen LogP contribution >= 0.6 is 0 Å². The van der Waals surface area contributed by atoms with Gasteiger partial charge in [-0.3, -0.25) is 30.3 Å². The van der Waals surface area contributed by atoms with E-state index < -0.39 is 26.5 Å². The Kier molecular flexibility index (Phi) is 2.44. The lowest BCUT2D eigenvalue weighted by molar-refractivity contribution is -1.01. The number of rotatable bonds is 4. The van der Waals surface area contributed by atoms with Crippen molar-refractivity contribution in [1.82, 2.24) is 20.2 Å². The van der Waals surface area contributed by atoms with E-state index in [0.29, 0.717) is 0 Å². The summed E-state index contributed by atoms with van der Waals surface area (Å²) in [5.74, 6) is -4.27. The quantitative estimate of drug-likeness (QED) is 0.336. The summed E-state index contributed by atoms with van der Waals surface area (Å²) in [6.07, 6.45) is 0. The molecule has 0 spiro atoms. The summed E-state index contributed by atoms with van der Waals surface area (Å²) in [6.45, 7) is 1.06. The molecule has 0 aliphatic carbocycles. The maximum atomic E-state index is 10.6. The van der Waals surface area contributed by atoms with Crippen LogP contribution in [0.4, 0.5) is 0 Å². The van der Waals surface area contributed by atoms with Crippen LogP contribution in [0.25, 0.3) is 0 Å². The molecule has 0 atom stereocenters. The van der Waals surface area contributed by atoms with Crippen LogP contribution in [0.2, 0.25) is 0 Å². The molecule has 0 radical (unpaired) electrons. The van der Waals surface area contributed by atoms with Crippen LogP contribution in [0.3, 0.4) is 0 Å². The van der Waals surface area contributed by atoms with Crippen LogP contribution in [0.1, 0.15) is 5.82 Å². The topological polar surface area (TPSA) is 173 Å². The maximum absolute atomic E-state index is 10.6. The molecule has 0 saturated heterocycles. The van der Waals surface area contributed by atoms with Crippen molar-refractivity contribution in [2.75, 3.05) is 0 Å². The zero-order valence-corrected chi connectivity index (χ0v) is 7.58. The van der Waals surface area contributed by atoms with Crippen molar-refractivity contribution in [2.24, 2.45) is 0 Å². The van der Waals surface area contributed by atoms with Gasteiger partial charge in [0.2, 0.25) is 14.8 Å². The normalized spacial score (nSPS) is 11.1. The maximum Gasteiger partial charge on any atom is 0.823 e. The van der Waals surface area contributed by atoms with Gasteiger partial charge in [0.05, 0.1) is 0 Å². The molecule has 1 aromatic rings. The first-order chi connectivity index (χ1) is 7.35. The van der Waals surface area contributed by atoms with Crippen LogP contribution in [-0.4, -0.2) is 35.0 Å². The fourth-order valence-corrected chi connectivity index (χ4v) is 0.941. The third-order valence-electron chi connectivity index (χ3n) is 1.64. The average molecular weight is 233 g/mol. The lowest BCUT2D eigenvalue weighted by Gasteiger charge is -2.07. The summed E-state index contributed by atoms with van der Waals surface area (Å²) in [5.41, 5.74) is 0. The predicted octanol–water partition coefficient (Wildman–Crippen LogP) is -1.62. The molecule has 0 N–H and O–H groups in total. The number of nitro groups is 3. The molecule has 0 fully saturated rings. The second-order valence-corrected chi connectivity index (χ2v) is 2.51. The molecule has 86 valence electrons. The number of hydrogen-bond acceptors (Lipinski definition) is 9. The highest BCUT2D eigenvalue weighted by Crippen LogP contribution is 2.18. The molecule has 1 aromatic heterocycles. The highest BCUT2D eigenvalue weighted by Gasteiger charge is 2.76. The van der Waals surface area contributed by atoms with Gasteiger partial charge in [0.15, 0.2) is 5.82 Å². The van der Waals surface area contributed by atoms with E-state index in [4.69, 9.17) is 0 Å². The van der Waals surface area contributed by atoms with Crippen LogP contribution in [0.15, 0.2) is 0 Å². The fourth-order valence-electron chi connectivity index (χ4n) is 0.941. The van der Waals surface area contributed by atoms with Crippen LogP contribution in [-0.2, 0) is 5.91 Å². The molecule has 13 nitrogen and oxygen atoms in total. The Morgan fingerprint density at radius 1 is 1.12 bits per heavy atom. The minimum absolute atomic E-state index is 0.0764. The molecule has 0 unspecified atom stereocenters. The fraction of sp³-hybridized carbons (Fsp3) is 0.667. The Balaban J connectivity index is 3.59. The number of tetrazole rings is 1. The van der Waals surface area contributed by atoms with Crippen molar-refractivity contribution in [3.63, 3.8) is 0 Å². The van der Waals surface area contributed by atoms with E-state index in [1.165, 1.54) is 0 Å². The molecular formula is C3H3N7O6. The van der Waals surface area contributed by atoms with E-state index in [1.54, 1.807) is 0 Å². The van der Waals surface area contributed by atoms with E-state index in [0.717, 1.165) is 6.92 Å². The summed E-state index contributed by atoms with van der Waals surface area (Å²) in [7, 11) is 0.